The third-order valence-corrected chi connectivity index (χ3v) is 4.85. The van der Waals surface area contributed by atoms with E-state index in [0.717, 1.165) is 13.8 Å². The van der Waals surface area contributed by atoms with E-state index in [1.165, 1.54) is 0 Å². The molecule has 1 heterocycles. The predicted molar refractivity (Wildman–Crippen MR) is 73.2 cm³/mol. The highest BCUT2D eigenvalue weighted by atomic mass is 32.1. The lowest BCUT2D eigenvalue weighted by molar-refractivity contribution is -0.140. The van der Waals surface area contributed by atoms with E-state index in [-0.39, 0.29) is 10.9 Å². The van der Waals surface area contributed by atoms with Crippen molar-refractivity contribution in [2.24, 2.45) is 0 Å². The fourth-order valence-electron chi connectivity index (χ4n) is 2.33. The van der Waals surface area contributed by atoms with Gasteiger partial charge in [-0.25, -0.2) is 4.98 Å². The minimum absolute atomic E-state index is 0.250. The topological polar surface area (TPSA) is 12.9 Å². The molecule has 1 nitrogen and oxygen atoms in total. The van der Waals surface area contributed by atoms with E-state index < -0.39 is 44.8 Å². The molecule has 1 aromatic heterocycles. The molecule has 8 heteroatoms. The van der Waals surface area contributed by atoms with Gasteiger partial charge in [0.05, 0.1) is 26.4 Å². The first kappa shape index (κ1) is 17.1. The molecule has 0 bridgehead atoms. The molecule has 0 saturated heterocycles. The molecule has 0 saturated carbocycles. The maximum atomic E-state index is 13.3. The van der Waals surface area contributed by atoms with Crippen LogP contribution in [0.2, 0.25) is 0 Å². The number of halogens is 6. The van der Waals surface area contributed by atoms with Crippen molar-refractivity contribution in [1.29, 1.82) is 0 Å². The number of alkyl halides is 6. The summed E-state index contributed by atoms with van der Waals surface area (Å²) in [5.41, 5.74) is -3.51. The van der Waals surface area contributed by atoms with Crippen molar-refractivity contribution in [2.75, 3.05) is 0 Å². The Bertz CT molecular complexity index is 667. The van der Waals surface area contributed by atoms with Crippen LogP contribution in [-0.2, 0) is 12.4 Å². The van der Waals surface area contributed by atoms with Gasteiger partial charge in [0.15, 0.2) is 0 Å². The van der Waals surface area contributed by atoms with Gasteiger partial charge in [0.2, 0.25) is 0 Å². The molecule has 0 aliphatic carbocycles. The Balaban J connectivity index is 3.03. The van der Waals surface area contributed by atoms with Crippen molar-refractivity contribution in [3.8, 4) is 0 Å². The summed E-state index contributed by atoms with van der Waals surface area (Å²) >= 11 is 0.681. The van der Waals surface area contributed by atoms with E-state index in [1.807, 2.05) is 0 Å². The van der Waals surface area contributed by atoms with Crippen LogP contribution in [-0.4, -0.2) is 4.98 Å². The van der Waals surface area contributed by atoms with Crippen molar-refractivity contribution in [1.82, 2.24) is 4.98 Å². The molecule has 0 aliphatic heterocycles. The van der Waals surface area contributed by atoms with Crippen molar-refractivity contribution >= 4 is 21.6 Å². The zero-order valence-electron chi connectivity index (χ0n) is 12.2. The van der Waals surface area contributed by atoms with Gasteiger partial charge in [-0.1, -0.05) is 13.8 Å². The van der Waals surface area contributed by atoms with Crippen LogP contribution < -0.4 is 0 Å². The van der Waals surface area contributed by atoms with Crippen molar-refractivity contribution < 1.29 is 26.3 Å². The zero-order valence-corrected chi connectivity index (χ0v) is 13.0. The van der Waals surface area contributed by atoms with E-state index in [9.17, 15) is 26.3 Å². The number of benzene rings is 1. The second-order valence-corrected chi connectivity index (χ2v) is 6.41. The fourth-order valence-corrected chi connectivity index (χ4v) is 3.53. The first-order valence-corrected chi connectivity index (χ1v) is 7.25. The van der Waals surface area contributed by atoms with Crippen LogP contribution in [0, 0.1) is 13.8 Å². The second kappa shape index (κ2) is 5.11. The lowest BCUT2D eigenvalue weighted by atomic mass is 9.96. The minimum Gasteiger partial charge on any atom is -0.240 e. The van der Waals surface area contributed by atoms with Crippen LogP contribution in [0.1, 0.15) is 47.0 Å². The molecule has 0 amide bonds. The number of hydrogen-bond donors (Lipinski definition) is 0. The van der Waals surface area contributed by atoms with Gasteiger partial charge in [0.25, 0.3) is 0 Å². The molecule has 122 valence electrons. The highest BCUT2D eigenvalue weighted by molar-refractivity contribution is 7.18. The van der Waals surface area contributed by atoms with Gasteiger partial charge in [0.1, 0.15) is 0 Å². The van der Waals surface area contributed by atoms with E-state index in [2.05, 4.69) is 4.98 Å². The highest BCUT2D eigenvalue weighted by Crippen LogP contribution is 2.47. The van der Waals surface area contributed by atoms with Crippen LogP contribution in [0.5, 0.6) is 0 Å². The van der Waals surface area contributed by atoms with Gasteiger partial charge in [-0.3, -0.25) is 0 Å². The van der Waals surface area contributed by atoms with E-state index in [4.69, 9.17) is 0 Å². The van der Waals surface area contributed by atoms with Gasteiger partial charge in [-0.05, 0) is 25.0 Å². The largest absolute Gasteiger partial charge is 0.418 e. The summed E-state index contributed by atoms with van der Waals surface area (Å²) in [5.74, 6) is -0.250. The third kappa shape index (κ3) is 2.68. The van der Waals surface area contributed by atoms with Crippen LogP contribution in [0.3, 0.4) is 0 Å². The molecule has 0 fully saturated rings. The van der Waals surface area contributed by atoms with Crippen molar-refractivity contribution in [2.45, 2.75) is 46.0 Å². The molecule has 1 aromatic carbocycles. The average Bonchev–Trinajstić information content (AvgIpc) is 2.70. The Hall–Kier alpha value is -1.31. The van der Waals surface area contributed by atoms with Gasteiger partial charge in [0, 0.05) is 5.92 Å². The summed E-state index contributed by atoms with van der Waals surface area (Å²) in [6.45, 7) is 5.48. The number of rotatable bonds is 1. The van der Waals surface area contributed by atoms with Crippen LogP contribution in [0.15, 0.2) is 0 Å². The summed E-state index contributed by atoms with van der Waals surface area (Å²) in [6.07, 6.45) is -9.47. The number of nitrogens with zero attached hydrogens (tertiary/aromatic N) is 1. The molecule has 0 unspecified atom stereocenters. The molecule has 2 aromatic rings. The average molecular weight is 341 g/mol. The normalized spacial score (nSPS) is 13.4. The summed E-state index contributed by atoms with van der Waals surface area (Å²) in [4.78, 5) is 3.85. The lowest BCUT2D eigenvalue weighted by Gasteiger charge is -2.18. The summed E-state index contributed by atoms with van der Waals surface area (Å²) in [6, 6.07) is 0. The first-order valence-electron chi connectivity index (χ1n) is 6.43. The minimum atomic E-state index is -4.75. The van der Waals surface area contributed by atoms with E-state index in [0.29, 0.717) is 11.3 Å². The summed E-state index contributed by atoms with van der Waals surface area (Å²) in [7, 11) is 0. The standard InChI is InChI=1S/C14H13F6NS/c1-5(2)12-21-10-8(13(15,16)17)6(3)7(4)9(11(10)22-12)14(18,19)20/h5H,1-4H3. The van der Waals surface area contributed by atoms with Gasteiger partial charge < -0.3 is 0 Å². The van der Waals surface area contributed by atoms with Gasteiger partial charge in [-0.2, -0.15) is 26.3 Å². The lowest BCUT2D eigenvalue weighted by Crippen LogP contribution is -2.15. The maximum Gasteiger partial charge on any atom is 0.418 e. The van der Waals surface area contributed by atoms with Crippen LogP contribution >= 0.6 is 11.3 Å². The monoisotopic (exact) mass is 341 g/mol. The molecule has 0 spiro atoms. The van der Waals surface area contributed by atoms with Crippen LogP contribution in [0.4, 0.5) is 26.3 Å². The number of fused-ring (bicyclic) bond motifs is 1. The fraction of sp³-hybridized carbons (Fsp3) is 0.500. The first-order chi connectivity index (χ1) is 9.85. The van der Waals surface area contributed by atoms with Crippen LogP contribution in [0.25, 0.3) is 10.2 Å². The summed E-state index contributed by atoms with van der Waals surface area (Å²) in [5, 5.41) is 0.260. The Morgan fingerprint density at radius 3 is 1.73 bits per heavy atom. The third-order valence-electron chi connectivity index (χ3n) is 3.48. The van der Waals surface area contributed by atoms with E-state index >= 15 is 0 Å². The molecule has 0 atom stereocenters. The SMILES string of the molecule is Cc1c(C)c(C(F)(F)F)c2sc(C(C)C)nc2c1C(F)(F)F. The molecular weight excluding hydrogens is 328 g/mol. The second-order valence-electron chi connectivity index (χ2n) is 5.38. The van der Waals surface area contributed by atoms with Crippen molar-refractivity contribution in [3.63, 3.8) is 0 Å². The molecule has 2 rings (SSSR count). The zero-order chi connectivity index (χ0) is 17.0. The maximum absolute atomic E-state index is 13.3. The smallest absolute Gasteiger partial charge is 0.240 e. The Morgan fingerprint density at radius 2 is 1.32 bits per heavy atom. The van der Waals surface area contributed by atoms with E-state index in [1.54, 1.807) is 13.8 Å². The van der Waals surface area contributed by atoms with Crippen molar-refractivity contribution in [3.05, 3.63) is 27.3 Å². The number of aromatic nitrogens is 1. The van der Waals surface area contributed by atoms with Gasteiger partial charge >= 0.3 is 12.4 Å². The molecule has 22 heavy (non-hydrogen) atoms. The molecule has 0 N–H and O–H groups in total. The molecule has 0 radical (unpaired) electrons. The molecule has 0 aliphatic rings. The highest BCUT2D eigenvalue weighted by Gasteiger charge is 2.43. The molecular formula is C14H13F6NS. The summed E-state index contributed by atoms with van der Waals surface area (Å²) < 4.78 is 79.3. The predicted octanol–water partition coefficient (Wildman–Crippen LogP) is 6.07. The number of thiazole rings is 1. The Labute approximate surface area is 127 Å². The quantitative estimate of drug-likeness (QED) is 0.573. The Kier molecular flexibility index (Phi) is 3.96. The Morgan fingerprint density at radius 1 is 0.864 bits per heavy atom. The van der Waals surface area contributed by atoms with Gasteiger partial charge in [-0.15, -0.1) is 11.3 Å². The number of hydrogen-bond acceptors (Lipinski definition) is 2.